The molecule has 1 aliphatic rings. The number of benzene rings is 1. The van der Waals surface area contributed by atoms with E-state index in [0.29, 0.717) is 17.7 Å². The highest BCUT2D eigenvalue weighted by Gasteiger charge is 2.11. The number of nitrogens with zero attached hydrogens (tertiary/aromatic N) is 1. The molecular formula is C14H20N4O2. The summed E-state index contributed by atoms with van der Waals surface area (Å²) in [5.41, 5.74) is 6.00. The van der Waals surface area contributed by atoms with E-state index in [4.69, 9.17) is 5.73 Å². The van der Waals surface area contributed by atoms with Gasteiger partial charge in [0.05, 0.1) is 0 Å². The molecule has 4 N–H and O–H groups in total. The first-order valence-electron chi connectivity index (χ1n) is 6.78. The van der Waals surface area contributed by atoms with Gasteiger partial charge in [0, 0.05) is 50.4 Å². The lowest BCUT2D eigenvalue weighted by Gasteiger charge is -2.27. The van der Waals surface area contributed by atoms with Gasteiger partial charge < -0.3 is 16.4 Å². The highest BCUT2D eigenvalue weighted by atomic mass is 16.2. The first-order valence-corrected chi connectivity index (χ1v) is 6.78. The van der Waals surface area contributed by atoms with Crippen molar-refractivity contribution in [3.05, 3.63) is 35.4 Å². The molecule has 1 aromatic rings. The van der Waals surface area contributed by atoms with Crippen LogP contribution in [0.15, 0.2) is 24.3 Å². The molecule has 1 heterocycles. The van der Waals surface area contributed by atoms with Gasteiger partial charge in [-0.25, -0.2) is 0 Å². The largest absolute Gasteiger partial charge is 0.366 e. The van der Waals surface area contributed by atoms with Crippen molar-refractivity contribution < 1.29 is 9.59 Å². The SMILES string of the molecule is NC(=O)c1cccc(C(=O)NCCN2CCNCC2)c1. The molecule has 6 nitrogen and oxygen atoms in total. The molecule has 1 fully saturated rings. The van der Waals surface area contributed by atoms with E-state index in [1.54, 1.807) is 18.2 Å². The van der Waals surface area contributed by atoms with Crippen molar-refractivity contribution in [1.82, 2.24) is 15.5 Å². The van der Waals surface area contributed by atoms with Gasteiger partial charge in [0.15, 0.2) is 0 Å². The number of hydrogen-bond acceptors (Lipinski definition) is 4. The van der Waals surface area contributed by atoms with Crippen LogP contribution in [-0.2, 0) is 0 Å². The average Bonchev–Trinajstić information content (AvgIpc) is 2.48. The van der Waals surface area contributed by atoms with Crippen LogP contribution in [0.3, 0.4) is 0 Å². The van der Waals surface area contributed by atoms with Crippen LogP contribution in [0.4, 0.5) is 0 Å². The summed E-state index contributed by atoms with van der Waals surface area (Å²) in [5, 5.41) is 6.14. The van der Waals surface area contributed by atoms with Crippen LogP contribution in [0.25, 0.3) is 0 Å². The molecule has 0 atom stereocenters. The Morgan fingerprint density at radius 2 is 1.95 bits per heavy atom. The summed E-state index contributed by atoms with van der Waals surface area (Å²) < 4.78 is 0. The maximum atomic E-state index is 12.0. The first-order chi connectivity index (χ1) is 9.66. The fraction of sp³-hybridized carbons (Fsp3) is 0.429. The highest BCUT2D eigenvalue weighted by molar-refractivity contribution is 5.99. The fourth-order valence-electron chi connectivity index (χ4n) is 2.18. The Hall–Kier alpha value is -1.92. The van der Waals surface area contributed by atoms with Gasteiger partial charge in [-0.2, -0.15) is 0 Å². The van der Waals surface area contributed by atoms with Crippen molar-refractivity contribution in [2.24, 2.45) is 5.73 Å². The van der Waals surface area contributed by atoms with Gasteiger partial charge in [0.25, 0.3) is 5.91 Å². The first kappa shape index (κ1) is 14.5. The van der Waals surface area contributed by atoms with Crippen molar-refractivity contribution in [3.8, 4) is 0 Å². The summed E-state index contributed by atoms with van der Waals surface area (Å²) in [5.74, 6) is -0.705. The van der Waals surface area contributed by atoms with Gasteiger partial charge in [0.1, 0.15) is 0 Å². The standard InChI is InChI=1S/C14H20N4O2/c15-13(19)11-2-1-3-12(10-11)14(20)17-6-9-18-7-4-16-5-8-18/h1-3,10,16H,4-9H2,(H2,15,19)(H,17,20). The molecular weight excluding hydrogens is 256 g/mol. The molecule has 20 heavy (non-hydrogen) atoms. The molecule has 0 spiro atoms. The second kappa shape index (κ2) is 7.02. The molecule has 1 saturated heterocycles. The van der Waals surface area contributed by atoms with E-state index in [1.165, 1.54) is 6.07 Å². The van der Waals surface area contributed by atoms with E-state index in [0.717, 1.165) is 32.7 Å². The number of carbonyl (C=O) groups excluding carboxylic acids is 2. The average molecular weight is 276 g/mol. The molecule has 1 aliphatic heterocycles. The van der Waals surface area contributed by atoms with Gasteiger partial charge in [0.2, 0.25) is 5.91 Å². The summed E-state index contributed by atoms with van der Waals surface area (Å²) in [7, 11) is 0. The molecule has 2 rings (SSSR count). The lowest BCUT2D eigenvalue weighted by molar-refractivity contribution is 0.0947. The minimum Gasteiger partial charge on any atom is -0.366 e. The monoisotopic (exact) mass is 276 g/mol. The Bertz CT molecular complexity index is 484. The minimum atomic E-state index is -0.527. The molecule has 0 bridgehead atoms. The molecule has 1 aromatic carbocycles. The maximum absolute atomic E-state index is 12.0. The number of primary amides is 1. The zero-order valence-corrected chi connectivity index (χ0v) is 11.4. The summed E-state index contributed by atoms with van der Waals surface area (Å²) >= 11 is 0. The number of amides is 2. The number of nitrogens with one attached hydrogen (secondary N) is 2. The van der Waals surface area contributed by atoms with Crippen LogP contribution in [0.1, 0.15) is 20.7 Å². The summed E-state index contributed by atoms with van der Waals surface area (Å²) in [6.07, 6.45) is 0. The fourth-order valence-corrected chi connectivity index (χ4v) is 2.18. The molecule has 0 saturated carbocycles. The Balaban J connectivity index is 1.82. The van der Waals surface area contributed by atoms with E-state index in [1.807, 2.05) is 0 Å². The summed E-state index contributed by atoms with van der Waals surface area (Å²) in [6, 6.07) is 6.44. The van der Waals surface area contributed by atoms with E-state index in [2.05, 4.69) is 15.5 Å². The van der Waals surface area contributed by atoms with Crippen molar-refractivity contribution in [1.29, 1.82) is 0 Å². The number of nitrogens with two attached hydrogens (primary N) is 1. The number of carbonyl (C=O) groups is 2. The minimum absolute atomic E-state index is 0.178. The molecule has 0 aliphatic carbocycles. The van der Waals surface area contributed by atoms with Crippen LogP contribution in [0.5, 0.6) is 0 Å². The van der Waals surface area contributed by atoms with Gasteiger partial charge in [-0.1, -0.05) is 6.07 Å². The third-order valence-electron chi connectivity index (χ3n) is 3.33. The summed E-state index contributed by atoms with van der Waals surface area (Å²) in [6.45, 7) is 5.44. The molecule has 6 heteroatoms. The number of piperazine rings is 1. The molecule has 0 aromatic heterocycles. The van der Waals surface area contributed by atoms with Crippen LogP contribution < -0.4 is 16.4 Å². The second-order valence-corrected chi connectivity index (χ2v) is 4.79. The van der Waals surface area contributed by atoms with Crippen molar-refractivity contribution in [2.75, 3.05) is 39.3 Å². The Morgan fingerprint density at radius 1 is 1.25 bits per heavy atom. The van der Waals surface area contributed by atoms with Crippen LogP contribution in [-0.4, -0.2) is 56.0 Å². The predicted molar refractivity (Wildman–Crippen MR) is 76.6 cm³/mol. The second-order valence-electron chi connectivity index (χ2n) is 4.79. The zero-order valence-electron chi connectivity index (χ0n) is 11.4. The third kappa shape index (κ3) is 4.04. The maximum Gasteiger partial charge on any atom is 0.251 e. The van der Waals surface area contributed by atoms with Gasteiger partial charge >= 0.3 is 0 Å². The van der Waals surface area contributed by atoms with Crippen LogP contribution >= 0.6 is 0 Å². The van der Waals surface area contributed by atoms with Crippen molar-refractivity contribution in [2.45, 2.75) is 0 Å². The number of rotatable bonds is 5. The van der Waals surface area contributed by atoms with Gasteiger partial charge in [-0.3, -0.25) is 14.5 Å². The quantitative estimate of drug-likeness (QED) is 0.671. The Kier molecular flexibility index (Phi) is 5.09. The molecule has 2 amide bonds. The highest BCUT2D eigenvalue weighted by Crippen LogP contribution is 2.04. The third-order valence-corrected chi connectivity index (χ3v) is 3.33. The van der Waals surface area contributed by atoms with Crippen LogP contribution in [0.2, 0.25) is 0 Å². The molecule has 108 valence electrons. The van der Waals surface area contributed by atoms with E-state index >= 15 is 0 Å². The lowest BCUT2D eigenvalue weighted by Crippen LogP contribution is -2.46. The molecule has 0 radical (unpaired) electrons. The number of hydrogen-bond donors (Lipinski definition) is 3. The van der Waals surface area contributed by atoms with Crippen molar-refractivity contribution >= 4 is 11.8 Å². The Morgan fingerprint density at radius 3 is 2.65 bits per heavy atom. The van der Waals surface area contributed by atoms with Gasteiger partial charge in [-0.05, 0) is 18.2 Å². The smallest absolute Gasteiger partial charge is 0.251 e. The predicted octanol–water partition coefficient (Wildman–Crippen LogP) is -0.579. The molecule has 0 unspecified atom stereocenters. The van der Waals surface area contributed by atoms with E-state index in [9.17, 15) is 9.59 Å². The Labute approximate surface area is 118 Å². The van der Waals surface area contributed by atoms with E-state index in [-0.39, 0.29) is 5.91 Å². The van der Waals surface area contributed by atoms with Crippen molar-refractivity contribution in [3.63, 3.8) is 0 Å². The van der Waals surface area contributed by atoms with Gasteiger partial charge in [-0.15, -0.1) is 0 Å². The van der Waals surface area contributed by atoms with E-state index < -0.39 is 5.91 Å². The topological polar surface area (TPSA) is 87.5 Å². The van der Waals surface area contributed by atoms with Crippen LogP contribution in [0, 0.1) is 0 Å². The summed E-state index contributed by atoms with van der Waals surface area (Å²) in [4.78, 5) is 25.3. The lowest BCUT2D eigenvalue weighted by atomic mass is 10.1. The zero-order chi connectivity index (χ0) is 14.4. The normalized spacial score (nSPS) is 15.8.